The number of fused-ring (bicyclic) bond motifs is 1. The first-order valence-corrected chi connectivity index (χ1v) is 8.90. The number of hydrogen-bond donors (Lipinski definition) is 3. The number of aliphatic carboxylic acids is 1. The van der Waals surface area contributed by atoms with E-state index in [9.17, 15) is 19.5 Å². The summed E-state index contributed by atoms with van der Waals surface area (Å²) in [6.07, 6.45) is 0. The van der Waals surface area contributed by atoms with E-state index in [4.69, 9.17) is 5.11 Å². The molecule has 8 nitrogen and oxygen atoms in total. The zero-order chi connectivity index (χ0) is 21.1. The summed E-state index contributed by atoms with van der Waals surface area (Å²) in [7, 11) is 3.66. The van der Waals surface area contributed by atoms with Gasteiger partial charge in [-0.1, -0.05) is 30.3 Å². The summed E-state index contributed by atoms with van der Waals surface area (Å²) in [6, 6.07) is 14.4. The van der Waals surface area contributed by atoms with Gasteiger partial charge in [-0.25, -0.2) is 0 Å². The molecule has 1 aromatic heterocycles. The number of carboxylic acids is 1. The van der Waals surface area contributed by atoms with Crippen molar-refractivity contribution in [2.75, 3.05) is 25.5 Å². The van der Waals surface area contributed by atoms with Gasteiger partial charge < -0.3 is 25.0 Å². The van der Waals surface area contributed by atoms with Crippen LogP contribution in [0.2, 0.25) is 0 Å². The predicted octanol–water partition coefficient (Wildman–Crippen LogP) is 1.64. The van der Waals surface area contributed by atoms with Gasteiger partial charge in [0.25, 0.3) is 11.5 Å². The van der Waals surface area contributed by atoms with Crippen molar-refractivity contribution in [1.29, 1.82) is 0 Å². The predicted molar refractivity (Wildman–Crippen MR) is 110 cm³/mol. The van der Waals surface area contributed by atoms with Gasteiger partial charge in [-0.15, -0.1) is 0 Å². The molecule has 3 aromatic rings. The number of aromatic hydroxyl groups is 1. The number of carboxylic acid groups (broad SMARTS) is 1. The van der Waals surface area contributed by atoms with Crippen molar-refractivity contribution in [1.82, 2.24) is 9.88 Å². The highest BCUT2D eigenvalue weighted by atomic mass is 16.4. The molecule has 8 heteroatoms. The second-order valence-corrected chi connectivity index (χ2v) is 6.77. The number of aromatic nitrogens is 1. The van der Waals surface area contributed by atoms with E-state index in [0.29, 0.717) is 10.9 Å². The van der Waals surface area contributed by atoms with Gasteiger partial charge in [0.15, 0.2) is 0 Å². The molecule has 0 saturated carbocycles. The molecule has 1 heterocycles. The molecule has 3 N–H and O–H groups in total. The molecule has 150 valence electrons. The van der Waals surface area contributed by atoms with Crippen LogP contribution in [0.4, 0.5) is 5.69 Å². The Hall–Kier alpha value is -3.81. The number of pyridine rings is 1. The number of amides is 1. The molecular weight excluding hydrogens is 374 g/mol. The zero-order valence-electron chi connectivity index (χ0n) is 16.0. The minimum atomic E-state index is -1.25. The average molecular weight is 395 g/mol. The minimum Gasteiger partial charge on any atom is -0.506 e. The van der Waals surface area contributed by atoms with Crippen molar-refractivity contribution < 1.29 is 19.8 Å². The van der Waals surface area contributed by atoms with E-state index in [1.165, 1.54) is 4.57 Å². The van der Waals surface area contributed by atoms with Crippen LogP contribution in [0.15, 0.2) is 53.3 Å². The maximum atomic E-state index is 13.1. The molecular formula is C21H21N3O5. The first-order valence-electron chi connectivity index (χ1n) is 8.90. The summed E-state index contributed by atoms with van der Waals surface area (Å²) in [6.45, 7) is -0.469. The zero-order valence-corrected chi connectivity index (χ0v) is 16.0. The van der Waals surface area contributed by atoms with Gasteiger partial charge in [0.05, 0.1) is 12.1 Å². The molecule has 2 aromatic carbocycles. The number of carbonyl (C=O) groups excluding carboxylic acids is 1. The first kappa shape index (κ1) is 19.9. The van der Waals surface area contributed by atoms with E-state index in [1.54, 1.807) is 12.1 Å². The van der Waals surface area contributed by atoms with Crippen LogP contribution >= 0.6 is 0 Å². The second kappa shape index (κ2) is 8.05. The Bertz CT molecular complexity index is 1140. The van der Waals surface area contributed by atoms with Crippen LogP contribution in [0.3, 0.4) is 0 Å². The second-order valence-electron chi connectivity index (χ2n) is 6.77. The molecule has 0 aliphatic heterocycles. The monoisotopic (exact) mass is 395 g/mol. The number of anilines is 1. The molecule has 0 spiro atoms. The van der Waals surface area contributed by atoms with E-state index in [0.717, 1.165) is 11.3 Å². The Kier molecular flexibility index (Phi) is 5.54. The third kappa shape index (κ3) is 4.06. The van der Waals surface area contributed by atoms with Gasteiger partial charge in [0, 0.05) is 25.2 Å². The maximum absolute atomic E-state index is 13.1. The van der Waals surface area contributed by atoms with Gasteiger partial charge in [-0.2, -0.15) is 0 Å². The maximum Gasteiger partial charge on any atom is 0.322 e. The smallest absolute Gasteiger partial charge is 0.322 e. The summed E-state index contributed by atoms with van der Waals surface area (Å²) in [5.74, 6) is -2.66. The van der Waals surface area contributed by atoms with E-state index in [2.05, 4.69) is 5.32 Å². The van der Waals surface area contributed by atoms with Crippen LogP contribution < -0.4 is 15.8 Å². The Morgan fingerprint density at radius 3 is 2.41 bits per heavy atom. The Morgan fingerprint density at radius 1 is 1.10 bits per heavy atom. The van der Waals surface area contributed by atoms with Crippen LogP contribution in [-0.4, -0.2) is 47.3 Å². The van der Waals surface area contributed by atoms with Crippen molar-refractivity contribution in [3.05, 3.63) is 70.0 Å². The third-order valence-electron chi connectivity index (χ3n) is 4.55. The largest absolute Gasteiger partial charge is 0.506 e. The molecule has 29 heavy (non-hydrogen) atoms. The SMILES string of the molecule is CN(C)c1ccc2c(c1)c(O)c(C(=O)NCC(=O)O)c(=O)n2Cc1ccccc1. The van der Waals surface area contributed by atoms with Gasteiger partial charge in [0.1, 0.15) is 17.9 Å². The summed E-state index contributed by atoms with van der Waals surface area (Å²) in [5, 5.41) is 22.0. The highest BCUT2D eigenvalue weighted by molar-refractivity contribution is 6.03. The molecule has 0 fully saturated rings. The number of nitrogens with one attached hydrogen (secondary N) is 1. The molecule has 1 amide bonds. The lowest BCUT2D eigenvalue weighted by molar-refractivity contribution is -0.135. The fraction of sp³-hybridized carbons (Fsp3) is 0.190. The summed E-state index contributed by atoms with van der Waals surface area (Å²) in [5.41, 5.74) is 0.909. The van der Waals surface area contributed by atoms with Crippen LogP contribution in [0.1, 0.15) is 15.9 Å². The topological polar surface area (TPSA) is 112 Å². The molecule has 0 saturated heterocycles. The highest BCUT2D eigenvalue weighted by Crippen LogP contribution is 2.30. The molecule has 0 aliphatic carbocycles. The van der Waals surface area contributed by atoms with Crippen molar-refractivity contribution in [3.8, 4) is 5.75 Å². The summed E-state index contributed by atoms with van der Waals surface area (Å²) in [4.78, 5) is 38.2. The van der Waals surface area contributed by atoms with E-state index < -0.39 is 35.3 Å². The van der Waals surface area contributed by atoms with E-state index in [-0.39, 0.29) is 6.54 Å². The lowest BCUT2D eigenvalue weighted by atomic mass is 10.1. The number of rotatable bonds is 6. The highest BCUT2D eigenvalue weighted by Gasteiger charge is 2.23. The number of nitrogens with zero attached hydrogens (tertiary/aromatic N) is 2. The van der Waals surface area contributed by atoms with Crippen LogP contribution in [0.25, 0.3) is 10.9 Å². The molecule has 0 unspecified atom stereocenters. The molecule has 0 atom stereocenters. The molecule has 0 bridgehead atoms. The van der Waals surface area contributed by atoms with Gasteiger partial charge in [-0.05, 0) is 23.8 Å². The van der Waals surface area contributed by atoms with Crippen molar-refractivity contribution in [2.45, 2.75) is 6.54 Å². The Labute approximate surface area is 166 Å². The summed E-state index contributed by atoms with van der Waals surface area (Å²) < 4.78 is 1.40. The minimum absolute atomic E-state index is 0.191. The average Bonchev–Trinajstić information content (AvgIpc) is 2.70. The molecule has 3 rings (SSSR count). The third-order valence-corrected chi connectivity index (χ3v) is 4.55. The first-order chi connectivity index (χ1) is 13.8. The Balaban J connectivity index is 2.25. The van der Waals surface area contributed by atoms with E-state index >= 15 is 0 Å². The van der Waals surface area contributed by atoms with Crippen LogP contribution in [-0.2, 0) is 11.3 Å². The van der Waals surface area contributed by atoms with Crippen molar-refractivity contribution in [2.24, 2.45) is 0 Å². The normalized spacial score (nSPS) is 10.7. The fourth-order valence-corrected chi connectivity index (χ4v) is 3.08. The molecule has 0 aliphatic rings. The van der Waals surface area contributed by atoms with Crippen LogP contribution in [0, 0.1) is 0 Å². The molecule has 0 radical (unpaired) electrons. The number of benzene rings is 2. The Morgan fingerprint density at radius 2 is 1.79 bits per heavy atom. The van der Waals surface area contributed by atoms with E-state index in [1.807, 2.05) is 55.4 Å². The lowest BCUT2D eigenvalue weighted by Crippen LogP contribution is -2.36. The summed E-state index contributed by atoms with van der Waals surface area (Å²) >= 11 is 0. The number of hydrogen-bond acceptors (Lipinski definition) is 5. The van der Waals surface area contributed by atoms with Gasteiger partial charge >= 0.3 is 5.97 Å². The van der Waals surface area contributed by atoms with Crippen molar-refractivity contribution >= 4 is 28.5 Å². The van der Waals surface area contributed by atoms with Gasteiger partial charge in [0.2, 0.25) is 0 Å². The quantitative estimate of drug-likeness (QED) is 0.585. The van der Waals surface area contributed by atoms with Crippen LogP contribution in [0.5, 0.6) is 5.75 Å². The van der Waals surface area contributed by atoms with Crippen molar-refractivity contribution in [3.63, 3.8) is 0 Å². The standard InChI is InChI=1S/C21H21N3O5/c1-23(2)14-8-9-16-15(10-14)19(27)18(20(28)22-11-17(25)26)21(29)24(16)12-13-6-4-3-5-7-13/h3-10,27H,11-12H2,1-2H3,(H,22,28)(H,25,26). The number of carbonyl (C=O) groups is 2. The van der Waals surface area contributed by atoms with Gasteiger partial charge in [-0.3, -0.25) is 14.4 Å². The fourth-order valence-electron chi connectivity index (χ4n) is 3.08. The lowest BCUT2D eigenvalue weighted by Gasteiger charge is -2.18.